The molecule has 1 aromatic rings. The van der Waals surface area contributed by atoms with Gasteiger partial charge in [0.05, 0.1) is 10.5 Å². The molecule has 2 aliphatic rings. The van der Waals surface area contributed by atoms with Gasteiger partial charge in [0.1, 0.15) is 11.9 Å². The number of hydrogen-bond acceptors (Lipinski definition) is 5. The lowest BCUT2D eigenvalue weighted by atomic mass is 10.1. The van der Waals surface area contributed by atoms with Crippen LogP contribution in [0.2, 0.25) is 0 Å². The largest absolute Gasteiger partial charge is 0.486 e. The van der Waals surface area contributed by atoms with Crippen LogP contribution in [0.15, 0.2) is 47.1 Å². The van der Waals surface area contributed by atoms with E-state index in [9.17, 15) is 14.4 Å². The van der Waals surface area contributed by atoms with Gasteiger partial charge in [-0.05, 0) is 41.6 Å². The Morgan fingerprint density at radius 3 is 2.64 bits per heavy atom. The van der Waals surface area contributed by atoms with Gasteiger partial charge in [0.25, 0.3) is 11.1 Å². The molecule has 0 spiro atoms. The van der Waals surface area contributed by atoms with Crippen molar-refractivity contribution in [1.82, 2.24) is 5.32 Å². The van der Waals surface area contributed by atoms with Gasteiger partial charge in [-0.2, -0.15) is 0 Å². The third-order valence-electron chi connectivity index (χ3n) is 3.26. The van der Waals surface area contributed by atoms with Crippen LogP contribution in [-0.4, -0.2) is 22.2 Å². The number of hydrogen-bond donors (Lipinski definition) is 2. The minimum Gasteiger partial charge on any atom is -0.486 e. The lowest BCUT2D eigenvalue weighted by Gasteiger charge is -2.12. The quantitative estimate of drug-likeness (QED) is 0.832. The molecule has 1 saturated heterocycles. The Bertz CT molecular complexity index is 720. The molecule has 0 saturated carbocycles. The second-order valence-electron chi connectivity index (χ2n) is 4.73. The van der Waals surface area contributed by atoms with E-state index in [1.54, 1.807) is 12.1 Å². The second kappa shape index (κ2) is 5.69. The highest BCUT2D eigenvalue weighted by atomic mass is 32.2. The maximum absolute atomic E-state index is 11.5. The molecule has 3 rings (SSSR count). The van der Waals surface area contributed by atoms with E-state index in [1.165, 1.54) is 18.2 Å². The highest BCUT2D eigenvalue weighted by Gasteiger charge is 2.27. The topological polar surface area (TPSA) is 92.7 Å². The molecule has 1 unspecified atom stereocenters. The normalized spacial score (nSPS) is 22.5. The third-order valence-corrected chi connectivity index (χ3v) is 4.07. The molecule has 6 nitrogen and oxygen atoms in total. The van der Waals surface area contributed by atoms with Crippen LogP contribution in [-0.2, 0) is 9.53 Å². The molecule has 2 heterocycles. The number of carbonyl (C=O) groups excluding carboxylic acids is 2. The third kappa shape index (κ3) is 2.89. The first-order valence-corrected chi connectivity index (χ1v) is 7.29. The molecule has 22 heavy (non-hydrogen) atoms. The maximum atomic E-state index is 11.5. The minimum absolute atomic E-state index is 0.217. The van der Waals surface area contributed by atoms with E-state index in [1.807, 2.05) is 6.08 Å². The SMILES string of the molecule is O=C1NC(=O)/C(=C/C2=CCC(c3ccc(C(=O)O)cc3)O2)S1. The summed E-state index contributed by atoms with van der Waals surface area (Å²) < 4.78 is 5.73. The zero-order valence-corrected chi connectivity index (χ0v) is 12.1. The first-order chi connectivity index (χ1) is 10.5. The lowest BCUT2D eigenvalue weighted by molar-refractivity contribution is -0.115. The van der Waals surface area contributed by atoms with Crippen LogP contribution in [0.25, 0.3) is 0 Å². The number of ether oxygens (including phenoxy) is 1. The first-order valence-electron chi connectivity index (χ1n) is 6.48. The van der Waals surface area contributed by atoms with E-state index < -0.39 is 17.1 Å². The van der Waals surface area contributed by atoms with Crippen molar-refractivity contribution in [3.63, 3.8) is 0 Å². The van der Waals surface area contributed by atoms with Crippen molar-refractivity contribution in [2.45, 2.75) is 12.5 Å². The highest BCUT2D eigenvalue weighted by molar-refractivity contribution is 8.18. The van der Waals surface area contributed by atoms with Gasteiger partial charge in [0.2, 0.25) is 0 Å². The number of carbonyl (C=O) groups is 3. The molecule has 7 heteroatoms. The van der Waals surface area contributed by atoms with E-state index in [4.69, 9.17) is 9.84 Å². The van der Waals surface area contributed by atoms with E-state index in [0.717, 1.165) is 17.3 Å². The number of rotatable bonds is 3. The minimum atomic E-state index is -0.976. The summed E-state index contributed by atoms with van der Waals surface area (Å²) in [6.07, 6.45) is 3.77. The molecular formula is C15H11NO5S. The number of amides is 2. The molecule has 2 N–H and O–H groups in total. The molecule has 0 bridgehead atoms. The lowest BCUT2D eigenvalue weighted by Crippen LogP contribution is -2.17. The van der Waals surface area contributed by atoms with Crippen molar-refractivity contribution in [1.29, 1.82) is 0 Å². The van der Waals surface area contributed by atoms with Gasteiger partial charge in [-0.1, -0.05) is 12.1 Å². The van der Waals surface area contributed by atoms with Crippen molar-refractivity contribution >= 4 is 28.9 Å². The van der Waals surface area contributed by atoms with Gasteiger partial charge < -0.3 is 9.84 Å². The summed E-state index contributed by atoms with van der Waals surface area (Å²) in [5.74, 6) is -0.871. The Balaban J connectivity index is 1.69. The van der Waals surface area contributed by atoms with Crippen LogP contribution >= 0.6 is 11.8 Å². The van der Waals surface area contributed by atoms with E-state index >= 15 is 0 Å². The number of benzene rings is 1. The van der Waals surface area contributed by atoms with E-state index in [-0.39, 0.29) is 11.7 Å². The molecule has 1 fully saturated rings. The Hall–Kier alpha value is -2.54. The van der Waals surface area contributed by atoms with Crippen molar-refractivity contribution in [2.24, 2.45) is 0 Å². The summed E-state index contributed by atoms with van der Waals surface area (Å²) in [5, 5.41) is 10.7. The standard InChI is InChI=1S/C15H11NO5S/c17-13-12(22-15(20)16-13)7-10-5-6-11(21-10)8-1-3-9(4-2-8)14(18)19/h1-5,7,11H,6H2,(H,18,19)(H,16,17,20)/b12-7-. The summed E-state index contributed by atoms with van der Waals surface area (Å²) in [5.41, 5.74) is 1.07. The highest BCUT2D eigenvalue weighted by Crippen LogP contribution is 2.34. The fourth-order valence-electron chi connectivity index (χ4n) is 2.17. The monoisotopic (exact) mass is 317 g/mol. The summed E-state index contributed by atoms with van der Waals surface area (Å²) in [6, 6.07) is 6.46. The Morgan fingerprint density at radius 1 is 1.32 bits per heavy atom. The molecule has 2 amide bonds. The van der Waals surface area contributed by atoms with Gasteiger partial charge in [0.15, 0.2) is 0 Å². The van der Waals surface area contributed by atoms with Crippen LogP contribution in [0.5, 0.6) is 0 Å². The van der Waals surface area contributed by atoms with Gasteiger partial charge in [-0.3, -0.25) is 14.9 Å². The number of allylic oxidation sites excluding steroid dienone is 1. The second-order valence-corrected chi connectivity index (χ2v) is 5.74. The van der Waals surface area contributed by atoms with Gasteiger partial charge in [-0.25, -0.2) is 4.79 Å². The Morgan fingerprint density at radius 2 is 2.05 bits per heavy atom. The number of thioether (sulfide) groups is 1. The van der Waals surface area contributed by atoms with Crippen LogP contribution in [0.1, 0.15) is 28.4 Å². The number of aromatic carboxylic acids is 1. The molecule has 0 aliphatic carbocycles. The van der Waals surface area contributed by atoms with Crippen LogP contribution in [0.4, 0.5) is 4.79 Å². The summed E-state index contributed by atoms with van der Waals surface area (Å²) in [4.78, 5) is 33.7. The first kappa shape index (κ1) is 14.4. The summed E-state index contributed by atoms with van der Waals surface area (Å²) in [7, 11) is 0. The Kier molecular flexibility index (Phi) is 3.72. The maximum Gasteiger partial charge on any atom is 0.335 e. The zero-order valence-electron chi connectivity index (χ0n) is 11.2. The summed E-state index contributed by atoms with van der Waals surface area (Å²) in [6.45, 7) is 0. The van der Waals surface area contributed by atoms with Crippen LogP contribution in [0, 0.1) is 0 Å². The van der Waals surface area contributed by atoms with Crippen LogP contribution in [0.3, 0.4) is 0 Å². The molecule has 0 radical (unpaired) electrons. The molecular weight excluding hydrogens is 306 g/mol. The molecule has 2 aliphatic heterocycles. The number of carboxylic acid groups (broad SMARTS) is 1. The van der Waals surface area contributed by atoms with Gasteiger partial charge in [-0.15, -0.1) is 0 Å². The number of carboxylic acids is 1. The smallest absolute Gasteiger partial charge is 0.335 e. The predicted molar refractivity (Wildman–Crippen MR) is 79.1 cm³/mol. The van der Waals surface area contributed by atoms with Crippen molar-refractivity contribution in [3.8, 4) is 0 Å². The van der Waals surface area contributed by atoms with E-state index in [2.05, 4.69) is 5.32 Å². The molecule has 0 aromatic heterocycles. The number of nitrogens with one attached hydrogen (secondary N) is 1. The predicted octanol–water partition coefficient (Wildman–Crippen LogP) is 2.60. The zero-order chi connectivity index (χ0) is 15.7. The van der Waals surface area contributed by atoms with Crippen molar-refractivity contribution in [2.75, 3.05) is 0 Å². The van der Waals surface area contributed by atoms with Crippen LogP contribution < -0.4 is 5.32 Å². The molecule has 112 valence electrons. The fourth-order valence-corrected chi connectivity index (χ4v) is 2.83. The Labute approximate surface area is 129 Å². The number of imide groups is 1. The average molecular weight is 317 g/mol. The van der Waals surface area contributed by atoms with Crippen molar-refractivity contribution in [3.05, 3.63) is 58.2 Å². The van der Waals surface area contributed by atoms with Gasteiger partial charge >= 0.3 is 5.97 Å². The summed E-state index contributed by atoms with van der Waals surface area (Å²) >= 11 is 0.838. The average Bonchev–Trinajstić information content (AvgIpc) is 3.06. The molecule has 1 atom stereocenters. The van der Waals surface area contributed by atoms with Crippen molar-refractivity contribution < 1.29 is 24.2 Å². The van der Waals surface area contributed by atoms with Gasteiger partial charge in [0, 0.05) is 6.42 Å². The van der Waals surface area contributed by atoms with E-state index in [0.29, 0.717) is 17.1 Å². The molecule has 1 aromatic carbocycles. The fraction of sp³-hybridized carbons (Fsp3) is 0.133.